The van der Waals surface area contributed by atoms with E-state index in [4.69, 9.17) is 13.7 Å². The number of carbonyl (C=O) groups excluding carboxylic acids is 2. The van der Waals surface area contributed by atoms with Gasteiger partial charge in [-0.1, -0.05) is 18.3 Å². The number of carbonyl (C=O) groups is 2. The van der Waals surface area contributed by atoms with E-state index in [1.165, 1.54) is 0 Å². The second-order valence-electron chi connectivity index (χ2n) is 6.40. The monoisotopic (exact) mass is 376 g/mol. The lowest BCUT2D eigenvalue weighted by Crippen LogP contribution is -2.37. The van der Waals surface area contributed by atoms with Gasteiger partial charge >= 0.3 is 5.97 Å². The molecule has 9 heteroatoms. The Morgan fingerprint density at radius 2 is 2.08 bits per heavy atom. The topological polar surface area (TPSA) is 96.0 Å². The fourth-order valence-electron chi connectivity index (χ4n) is 3.73. The SMILES string of the molecule is C=C(C)C(=O)SCCOC(=O)COC1C2CC3C1OS(=O)(=O)C3C2. The highest BCUT2D eigenvalue weighted by molar-refractivity contribution is 8.14. The Balaban J connectivity index is 1.39. The quantitative estimate of drug-likeness (QED) is 0.280. The molecule has 5 atom stereocenters. The molecule has 134 valence electrons. The third-order valence-corrected chi connectivity index (χ3v) is 7.49. The standard InChI is InChI=1S/C15H20O7S2/c1-8(2)15(17)23-4-3-20-12(16)7-21-13-9-5-10-11(6-9)24(18,19)22-14(10)13/h9-11,13-14H,1,3-7H2,2H3. The van der Waals surface area contributed by atoms with Crippen molar-refractivity contribution in [1.29, 1.82) is 0 Å². The van der Waals surface area contributed by atoms with Crippen molar-refractivity contribution >= 4 is 33.0 Å². The van der Waals surface area contributed by atoms with E-state index in [-0.39, 0.29) is 36.3 Å². The van der Waals surface area contributed by atoms with Crippen molar-refractivity contribution in [2.75, 3.05) is 19.0 Å². The first-order chi connectivity index (χ1) is 11.3. The molecule has 2 saturated carbocycles. The maximum absolute atomic E-state index is 11.8. The highest BCUT2D eigenvalue weighted by Crippen LogP contribution is 2.55. The number of ether oxygens (including phenoxy) is 2. The van der Waals surface area contributed by atoms with Crippen molar-refractivity contribution < 1.29 is 31.7 Å². The molecule has 24 heavy (non-hydrogen) atoms. The fourth-order valence-corrected chi connectivity index (χ4v) is 6.21. The maximum Gasteiger partial charge on any atom is 0.332 e. The van der Waals surface area contributed by atoms with Crippen molar-refractivity contribution in [1.82, 2.24) is 0 Å². The van der Waals surface area contributed by atoms with Crippen LogP contribution in [-0.4, -0.2) is 55.9 Å². The summed E-state index contributed by atoms with van der Waals surface area (Å²) in [5.41, 5.74) is 0.454. The highest BCUT2D eigenvalue weighted by Gasteiger charge is 2.64. The Morgan fingerprint density at radius 3 is 2.79 bits per heavy atom. The summed E-state index contributed by atoms with van der Waals surface area (Å²) in [4.78, 5) is 23.0. The van der Waals surface area contributed by atoms with Crippen LogP contribution in [0.2, 0.25) is 0 Å². The Labute approximate surface area is 145 Å². The molecule has 2 aliphatic carbocycles. The van der Waals surface area contributed by atoms with Crippen LogP contribution in [-0.2, 0) is 33.4 Å². The Bertz CT molecular complexity index is 657. The van der Waals surface area contributed by atoms with Gasteiger partial charge in [0.25, 0.3) is 10.1 Å². The lowest BCUT2D eigenvalue weighted by atomic mass is 9.94. The van der Waals surface area contributed by atoms with Gasteiger partial charge in [0.1, 0.15) is 19.3 Å². The number of esters is 1. The molecule has 1 heterocycles. The summed E-state index contributed by atoms with van der Waals surface area (Å²) < 4.78 is 39.4. The maximum atomic E-state index is 11.8. The second kappa shape index (κ2) is 6.78. The van der Waals surface area contributed by atoms with Crippen LogP contribution < -0.4 is 0 Å². The van der Waals surface area contributed by atoms with Crippen LogP contribution in [0.1, 0.15) is 19.8 Å². The van der Waals surface area contributed by atoms with Gasteiger partial charge in [-0.3, -0.25) is 8.98 Å². The molecule has 2 bridgehead atoms. The van der Waals surface area contributed by atoms with Gasteiger partial charge in [0.15, 0.2) is 0 Å². The largest absolute Gasteiger partial charge is 0.463 e. The van der Waals surface area contributed by atoms with E-state index in [0.29, 0.717) is 17.7 Å². The highest BCUT2D eigenvalue weighted by atomic mass is 32.2. The lowest BCUT2D eigenvalue weighted by Gasteiger charge is -2.24. The van der Waals surface area contributed by atoms with E-state index >= 15 is 0 Å². The molecule has 0 aromatic heterocycles. The summed E-state index contributed by atoms with van der Waals surface area (Å²) in [6, 6.07) is 0. The van der Waals surface area contributed by atoms with Crippen LogP contribution in [0.25, 0.3) is 0 Å². The van der Waals surface area contributed by atoms with E-state index in [1.54, 1.807) is 6.92 Å². The molecule has 0 spiro atoms. The first kappa shape index (κ1) is 17.9. The first-order valence-electron chi connectivity index (χ1n) is 7.81. The van der Waals surface area contributed by atoms with Gasteiger partial charge in [-0.25, -0.2) is 4.79 Å². The zero-order valence-electron chi connectivity index (χ0n) is 13.3. The van der Waals surface area contributed by atoms with Crippen molar-refractivity contribution in [2.24, 2.45) is 11.8 Å². The molecular weight excluding hydrogens is 356 g/mol. The van der Waals surface area contributed by atoms with Crippen LogP contribution >= 0.6 is 11.8 Å². The predicted molar refractivity (Wildman–Crippen MR) is 86.8 cm³/mol. The van der Waals surface area contributed by atoms with Gasteiger partial charge in [-0.15, -0.1) is 0 Å². The molecule has 1 aliphatic heterocycles. The zero-order chi connectivity index (χ0) is 17.5. The van der Waals surface area contributed by atoms with Gasteiger partial charge in [0.05, 0.1) is 11.4 Å². The minimum Gasteiger partial charge on any atom is -0.463 e. The summed E-state index contributed by atoms with van der Waals surface area (Å²) in [5.74, 6) is -0.0556. The van der Waals surface area contributed by atoms with Gasteiger partial charge in [0, 0.05) is 11.7 Å². The van der Waals surface area contributed by atoms with Crippen molar-refractivity contribution in [3.05, 3.63) is 12.2 Å². The Hall–Kier alpha value is -0.900. The fraction of sp³-hybridized carbons (Fsp3) is 0.733. The van der Waals surface area contributed by atoms with Gasteiger partial charge < -0.3 is 9.47 Å². The molecule has 5 unspecified atom stereocenters. The number of fused-ring (bicyclic) bond motifs is 1. The molecule has 0 radical (unpaired) electrons. The Morgan fingerprint density at radius 1 is 1.33 bits per heavy atom. The van der Waals surface area contributed by atoms with Crippen molar-refractivity contribution in [2.45, 2.75) is 37.2 Å². The van der Waals surface area contributed by atoms with Gasteiger partial charge in [-0.2, -0.15) is 8.42 Å². The second-order valence-corrected chi connectivity index (χ2v) is 9.25. The lowest BCUT2D eigenvalue weighted by molar-refractivity contribution is -0.153. The van der Waals surface area contributed by atoms with Crippen LogP contribution in [0.5, 0.6) is 0 Å². The summed E-state index contributed by atoms with van der Waals surface area (Å²) >= 11 is 1.05. The average molecular weight is 376 g/mol. The summed E-state index contributed by atoms with van der Waals surface area (Å²) in [5, 5.41) is -0.527. The molecule has 0 aromatic carbocycles. The molecule has 3 fully saturated rings. The normalized spacial score (nSPS) is 35.1. The van der Waals surface area contributed by atoms with Crippen molar-refractivity contribution in [3.8, 4) is 0 Å². The summed E-state index contributed by atoms with van der Waals surface area (Å²) in [7, 11) is -3.47. The van der Waals surface area contributed by atoms with Gasteiger partial charge in [-0.05, 0) is 31.3 Å². The summed E-state index contributed by atoms with van der Waals surface area (Å²) in [6.07, 6.45) is 0.488. The third-order valence-electron chi connectivity index (χ3n) is 4.74. The zero-order valence-corrected chi connectivity index (χ0v) is 14.9. The minimum absolute atomic E-state index is 0.00873. The molecular formula is C15H20O7S2. The van der Waals surface area contributed by atoms with Crippen LogP contribution in [0.3, 0.4) is 0 Å². The van der Waals surface area contributed by atoms with Crippen LogP contribution in [0, 0.1) is 11.8 Å². The van der Waals surface area contributed by atoms with Crippen LogP contribution in [0.4, 0.5) is 0 Å². The first-order valence-corrected chi connectivity index (χ1v) is 10.3. The summed E-state index contributed by atoms with van der Waals surface area (Å²) in [6.45, 7) is 5.03. The van der Waals surface area contributed by atoms with E-state index in [2.05, 4.69) is 6.58 Å². The molecule has 0 amide bonds. The van der Waals surface area contributed by atoms with E-state index in [9.17, 15) is 18.0 Å². The van der Waals surface area contributed by atoms with Gasteiger partial charge in [0.2, 0.25) is 5.12 Å². The number of hydrogen-bond acceptors (Lipinski definition) is 8. The molecule has 3 rings (SSSR count). The Kier molecular flexibility index (Phi) is 5.06. The number of rotatable bonds is 7. The predicted octanol–water partition coefficient (Wildman–Crippen LogP) is 0.888. The molecule has 3 aliphatic rings. The number of thioether (sulfide) groups is 1. The molecule has 1 saturated heterocycles. The van der Waals surface area contributed by atoms with Crippen molar-refractivity contribution in [3.63, 3.8) is 0 Å². The minimum atomic E-state index is -3.47. The average Bonchev–Trinajstić information content (AvgIpc) is 3.11. The van der Waals surface area contributed by atoms with E-state index < -0.39 is 27.4 Å². The molecule has 0 N–H and O–H groups in total. The van der Waals surface area contributed by atoms with Crippen LogP contribution in [0.15, 0.2) is 12.2 Å². The third kappa shape index (κ3) is 3.40. The number of hydrogen-bond donors (Lipinski definition) is 0. The van der Waals surface area contributed by atoms with E-state index in [1.807, 2.05) is 0 Å². The molecule has 7 nitrogen and oxygen atoms in total. The molecule has 0 aromatic rings. The smallest absolute Gasteiger partial charge is 0.332 e. The van der Waals surface area contributed by atoms with E-state index in [0.717, 1.165) is 18.2 Å².